The van der Waals surface area contributed by atoms with E-state index >= 15 is 0 Å². The summed E-state index contributed by atoms with van der Waals surface area (Å²) in [6.45, 7) is 4.13. The van der Waals surface area contributed by atoms with E-state index < -0.39 is 11.2 Å². The number of carbonyl (C=O) groups is 2. The van der Waals surface area contributed by atoms with Crippen molar-refractivity contribution in [3.63, 3.8) is 0 Å². The third-order valence-electron chi connectivity index (χ3n) is 2.85. The lowest BCUT2D eigenvalue weighted by atomic mass is 10.0. The number of carbonyl (C=O) groups excluding carboxylic acids is 1. The van der Waals surface area contributed by atoms with Crippen molar-refractivity contribution in [3.05, 3.63) is 23.8 Å². The zero-order valence-corrected chi connectivity index (χ0v) is 11.1. The van der Waals surface area contributed by atoms with Gasteiger partial charge in [0.1, 0.15) is 0 Å². The maximum Gasteiger partial charge on any atom is 0.305 e. The molecular formula is C13H15NO3S. The predicted octanol–water partition coefficient (Wildman–Crippen LogP) is 2.70. The lowest BCUT2D eigenvalue weighted by Gasteiger charge is -2.26. The molecule has 5 heteroatoms. The van der Waals surface area contributed by atoms with Crippen molar-refractivity contribution in [1.29, 1.82) is 0 Å². The van der Waals surface area contributed by atoms with Crippen molar-refractivity contribution >= 4 is 29.3 Å². The van der Waals surface area contributed by atoms with Crippen LogP contribution in [0.2, 0.25) is 0 Å². The van der Waals surface area contributed by atoms with E-state index in [9.17, 15) is 9.59 Å². The van der Waals surface area contributed by atoms with Gasteiger partial charge in [-0.1, -0.05) is 26.0 Å². The summed E-state index contributed by atoms with van der Waals surface area (Å²) in [4.78, 5) is 23.5. The molecule has 1 aromatic carbocycles. The molecule has 96 valence electrons. The van der Waals surface area contributed by atoms with Crippen LogP contribution in [-0.2, 0) is 9.59 Å². The SMILES string of the molecule is CC(C)c1cccc2c1NC(=O)C(CC(=O)O)S2. The van der Waals surface area contributed by atoms with Crippen LogP contribution in [0.4, 0.5) is 5.69 Å². The third-order valence-corrected chi connectivity index (χ3v) is 4.11. The van der Waals surface area contributed by atoms with E-state index in [1.165, 1.54) is 11.8 Å². The van der Waals surface area contributed by atoms with Crippen molar-refractivity contribution in [2.24, 2.45) is 0 Å². The highest BCUT2D eigenvalue weighted by atomic mass is 32.2. The number of aliphatic carboxylic acids is 1. The summed E-state index contributed by atoms with van der Waals surface area (Å²) in [5.41, 5.74) is 1.92. The molecule has 0 aromatic heterocycles. The summed E-state index contributed by atoms with van der Waals surface area (Å²) in [6.07, 6.45) is -0.151. The van der Waals surface area contributed by atoms with Crippen LogP contribution in [0.5, 0.6) is 0 Å². The van der Waals surface area contributed by atoms with E-state index in [0.717, 1.165) is 16.1 Å². The van der Waals surface area contributed by atoms with E-state index in [0.29, 0.717) is 5.92 Å². The molecule has 1 aromatic rings. The van der Waals surface area contributed by atoms with Crippen molar-refractivity contribution in [2.45, 2.75) is 36.3 Å². The number of benzene rings is 1. The number of anilines is 1. The maximum atomic E-state index is 11.9. The number of nitrogens with one attached hydrogen (secondary N) is 1. The van der Waals surface area contributed by atoms with E-state index in [-0.39, 0.29) is 12.3 Å². The Labute approximate surface area is 110 Å². The van der Waals surface area contributed by atoms with Gasteiger partial charge in [0.15, 0.2) is 0 Å². The Bertz CT molecular complexity index is 499. The standard InChI is InChI=1S/C13H15NO3S/c1-7(2)8-4-3-5-9-12(8)14-13(17)10(18-9)6-11(15)16/h3-5,7,10H,6H2,1-2H3,(H,14,17)(H,15,16). The fraction of sp³-hybridized carbons (Fsp3) is 0.385. The molecule has 0 spiro atoms. The lowest BCUT2D eigenvalue weighted by Crippen LogP contribution is -2.31. The average molecular weight is 265 g/mol. The quantitative estimate of drug-likeness (QED) is 0.881. The number of carboxylic acid groups (broad SMARTS) is 1. The molecule has 1 atom stereocenters. The Morgan fingerprint density at radius 1 is 1.50 bits per heavy atom. The van der Waals surface area contributed by atoms with Gasteiger partial charge in [0.2, 0.25) is 5.91 Å². The Morgan fingerprint density at radius 3 is 2.83 bits per heavy atom. The summed E-state index contributed by atoms with van der Waals surface area (Å²) in [7, 11) is 0. The van der Waals surface area contributed by atoms with E-state index in [4.69, 9.17) is 5.11 Å². The van der Waals surface area contributed by atoms with Gasteiger partial charge in [0, 0.05) is 4.90 Å². The van der Waals surface area contributed by atoms with E-state index in [1.807, 2.05) is 18.2 Å². The van der Waals surface area contributed by atoms with Crippen LogP contribution in [0.25, 0.3) is 0 Å². The van der Waals surface area contributed by atoms with Gasteiger partial charge in [-0.2, -0.15) is 0 Å². The number of amides is 1. The lowest BCUT2D eigenvalue weighted by molar-refractivity contribution is -0.138. The molecular weight excluding hydrogens is 250 g/mol. The van der Waals surface area contributed by atoms with E-state index in [2.05, 4.69) is 19.2 Å². The van der Waals surface area contributed by atoms with Crippen LogP contribution in [0.1, 0.15) is 31.7 Å². The van der Waals surface area contributed by atoms with Gasteiger partial charge in [-0.05, 0) is 17.5 Å². The first-order chi connectivity index (χ1) is 8.49. The van der Waals surface area contributed by atoms with Crippen LogP contribution >= 0.6 is 11.8 Å². The summed E-state index contributed by atoms with van der Waals surface area (Å²) < 4.78 is 0. The largest absolute Gasteiger partial charge is 0.481 e. The van der Waals surface area contributed by atoms with Gasteiger partial charge in [0.25, 0.3) is 0 Å². The van der Waals surface area contributed by atoms with Crippen molar-refractivity contribution in [2.75, 3.05) is 5.32 Å². The topological polar surface area (TPSA) is 66.4 Å². The number of carboxylic acids is 1. The monoisotopic (exact) mass is 265 g/mol. The van der Waals surface area contributed by atoms with Crippen molar-refractivity contribution in [3.8, 4) is 0 Å². The highest BCUT2D eigenvalue weighted by Crippen LogP contribution is 2.40. The number of hydrogen-bond donors (Lipinski definition) is 2. The molecule has 2 rings (SSSR count). The first-order valence-electron chi connectivity index (χ1n) is 5.81. The number of rotatable bonds is 3. The van der Waals surface area contributed by atoms with Crippen LogP contribution in [0, 0.1) is 0 Å². The zero-order valence-electron chi connectivity index (χ0n) is 10.3. The molecule has 2 N–H and O–H groups in total. The molecule has 1 aliphatic rings. The molecule has 0 saturated heterocycles. The molecule has 0 saturated carbocycles. The molecule has 0 bridgehead atoms. The minimum atomic E-state index is -0.953. The normalized spacial score (nSPS) is 18.4. The summed E-state index contributed by atoms with van der Waals surface area (Å²) >= 11 is 1.33. The first-order valence-corrected chi connectivity index (χ1v) is 6.69. The second-order valence-corrected chi connectivity index (χ2v) is 5.81. The molecule has 1 unspecified atom stereocenters. The Hall–Kier alpha value is -1.49. The van der Waals surface area contributed by atoms with Gasteiger partial charge in [-0.15, -0.1) is 11.8 Å². The Balaban J connectivity index is 2.33. The second-order valence-electron chi connectivity index (χ2n) is 4.57. The molecule has 0 radical (unpaired) electrons. The summed E-state index contributed by atoms with van der Waals surface area (Å²) in [5.74, 6) is -0.856. The highest BCUT2D eigenvalue weighted by molar-refractivity contribution is 8.01. The molecule has 1 heterocycles. The summed E-state index contributed by atoms with van der Waals surface area (Å²) in [6, 6.07) is 5.85. The fourth-order valence-corrected chi connectivity index (χ4v) is 3.11. The zero-order chi connectivity index (χ0) is 13.3. The van der Waals surface area contributed by atoms with Crippen LogP contribution in [0.15, 0.2) is 23.1 Å². The minimum Gasteiger partial charge on any atom is -0.481 e. The third kappa shape index (κ3) is 2.51. The first kappa shape index (κ1) is 13.0. The van der Waals surface area contributed by atoms with Gasteiger partial charge in [-0.25, -0.2) is 0 Å². The van der Waals surface area contributed by atoms with Gasteiger partial charge in [-0.3, -0.25) is 9.59 Å². The average Bonchev–Trinajstić information content (AvgIpc) is 2.28. The molecule has 0 fully saturated rings. The predicted molar refractivity (Wildman–Crippen MR) is 71.1 cm³/mol. The maximum absolute atomic E-state index is 11.9. The summed E-state index contributed by atoms with van der Waals surface area (Å²) in [5, 5.41) is 11.1. The number of hydrogen-bond acceptors (Lipinski definition) is 3. The fourth-order valence-electron chi connectivity index (χ4n) is 1.96. The molecule has 1 amide bonds. The number of thioether (sulfide) groups is 1. The minimum absolute atomic E-state index is 0.151. The molecule has 4 nitrogen and oxygen atoms in total. The molecule has 18 heavy (non-hydrogen) atoms. The van der Waals surface area contributed by atoms with Crippen LogP contribution in [0.3, 0.4) is 0 Å². The second kappa shape index (κ2) is 5.02. The number of para-hydroxylation sites is 1. The Kier molecular flexibility index (Phi) is 3.61. The van der Waals surface area contributed by atoms with Crippen molar-refractivity contribution in [1.82, 2.24) is 0 Å². The van der Waals surface area contributed by atoms with Gasteiger partial charge >= 0.3 is 5.97 Å². The van der Waals surface area contributed by atoms with Crippen LogP contribution < -0.4 is 5.32 Å². The number of fused-ring (bicyclic) bond motifs is 1. The van der Waals surface area contributed by atoms with E-state index in [1.54, 1.807) is 0 Å². The van der Waals surface area contributed by atoms with Crippen molar-refractivity contribution < 1.29 is 14.7 Å². The van der Waals surface area contributed by atoms with Gasteiger partial charge in [0.05, 0.1) is 17.4 Å². The van der Waals surface area contributed by atoms with Crippen LogP contribution in [-0.4, -0.2) is 22.2 Å². The molecule has 0 aliphatic carbocycles. The molecule has 1 aliphatic heterocycles. The van der Waals surface area contributed by atoms with Gasteiger partial charge < -0.3 is 10.4 Å². The Morgan fingerprint density at radius 2 is 2.22 bits per heavy atom. The smallest absolute Gasteiger partial charge is 0.305 e. The highest BCUT2D eigenvalue weighted by Gasteiger charge is 2.30.